The van der Waals surface area contributed by atoms with Crippen molar-refractivity contribution in [3.8, 4) is 5.75 Å². The molecule has 0 N–H and O–H groups in total. The molecule has 1 aromatic heterocycles. The van der Waals surface area contributed by atoms with Crippen molar-refractivity contribution in [2.45, 2.75) is 17.9 Å². The summed E-state index contributed by atoms with van der Waals surface area (Å²) in [6.07, 6.45) is 5.56. The highest BCUT2D eigenvalue weighted by molar-refractivity contribution is 8.13. The maximum atomic E-state index is 13.7. The van der Waals surface area contributed by atoms with Gasteiger partial charge in [0, 0.05) is 29.6 Å². The summed E-state index contributed by atoms with van der Waals surface area (Å²) in [7, 11) is 0.652. The molecule has 0 saturated heterocycles. The van der Waals surface area contributed by atoms with Crippen LogP contribution in [-0.2, 0) is 15.6 Å². The van der Waals surface area contributed by atoms with Gasteiger partial charge in [-0.25, -0.2) is 17.8 Å². The van der Waals surface area contributed by atoms with Crippen molar-refractivity contribution in [2.24, 2.45) is 0 Å². The molecule has 0 aliphatic rings. The van der Waals surface area contributed by atoms with Gasteiger partial charge in [0.05, 0.1) is 12.9 Å². The van der Waals surface area contributed by atoms with Gasteiger partial charge in [-0.3, -0.25) is 0 Å². The predicted octanol–water partition coefficient (Wildman–Crippen LogP) is 2.56. The zero-order valence-corrected chi connectivity index (χ0v) is 12.2. The van der Waals surface area contributed by atoms with Gasteiger partial charge in [-0.15, -0.1) is 0 Å². The van der Waals surface area contributed by atoms with Crippen molar-refractivity contribution in [3.05, 3.63) is 42.5 Å². The Balaban J connectivity index is 1.99. The summed E-state index contributed by atoms with van der Waals surface area (Å²) < 4.78 is 56.2. The van der Waals surface area contributed by atoms with Crippen LogP contribution < -0.4 is 4.74 Å². The van der Waals surface area contributed by atoms with Crippen LogP contribution in [-0.4, -0.2) is 24.6 Å². The molecule has 0 unspecified atom stereocenters. The minimum atomic E-state index is -4.34. The highest BCUT2D eigenvalue weighted by atomic mass is 35.7. The number of rotatable bonds is 6. The molecule has 0 atom stereocenters. The van der Waals surface area contributed by atoms with Crippen LogP contribution in [0.15, 0.2) is 35.7 Å². The van der Waals surface area contributed by atoms with Gasteiger partial charge in [0.2, 0.25) is 5.82 Å². The van der Waals surface area contributed by atoms with Crippen LogP contribution in [0.4, 0.5) is 8.78 Å². The molecular formula is C12H11ClF2N2O3S. The second-order valence-corrected chi connectivity index (χ2v) is 6.66. The van der Waals surface area contributed by atoms with E-state index < -0.39 is 25.6 Å². The van der Waals surface area contributed by atoms with Gasteiger partial charge in [-0.05, 0) is 18.6 Å². The number of hydrogen-bond donors (Lipinski definition) is 0. The molecule has 21 heavy (non-hydrogen) atoms. The third-order valence-electron chi connectivity index (χ3n) is 2.65. The zero-order chi connectivity index (χ0) is 15.5. The molecule has 114 valence electrons. The molecule has 0 fully saturated rings. The topological polar surface area (TPSA) is 61.2 Å². The van der Waals surface area contributed by atoms with Crippen molar-refractivity contribution >= 4 is 19.7 Å². The van der Waals surface area contributed by atoms with E-state index in [0.29, 0.717) is 13.0 Å². The second kappa shape index (κ2) is 6.40. The quantitative estimate of drug-likeness (QED) is 0.601. The smallest absolute Gasteiger partial charge is 0.264 e. The summed E-state index contributed by atoms with van der Waals surface area (Å²) in [4.78, 5) is 2.95. The Morgan fingerprint density at radius 3 is 2.67 bits per heavy atom. The van der Waals surface area contributed by atoms with E-state index in [4.69, 9.17) is 15.4 Å². The van der Waals surface area contributed by atoms with Crippen molar-refractivity contribution in [1.29, 1.82) is 0 Å². The summed E-state index contributed by atoms with van der Waals surface area (Å²) in [5.41, 5.74) is 0. The van der Waals surface area contributed by atoms with E-state index in [-0.39, 0.29) is 12.4 Å². The van der Waals surface area contributed by atoms with Crippen LogP contribution in [0.25, 0.3) is 0 Å². The second-order valence-electron chi connectivity index (χ2n) is 4.13. The molecule has 0 bridgehead atoms. The van der Waals surface area contributed by atoms with Crippen molar-refractivity contribution in [3.63, 3.8) is 0 Å². The van der Waals surface area contributed by atoms with Crippen LogP contribution in [0.3, 0.4) is 0 Å². The van der Waals surface area contributed by atoms with Crippen LogP contribution in [0.1, 0.15) is 6.42 Å². The number of nitrogens with zero attached hydrogens (tertiary/aromatic N) is 2. The molecule has 2 aromatic rings. The highest BCUT2D eigenvalue weighted by Gasteiger charge is 2.22. The number of imidazole rings is 1. The molecule has 1 heterocycles. The van der Waals surface area contributed by atoms with E-state index in [9.17, 15) is 17.2 Å². The molecular weight excluding hydrogens is 326 g/mol. The lowest BCUT2D eigenvalue weighted by molar-refractivity contribution is 0.281. The maximum Gasteiger partial charge on any atom is 0.264 e. The number of halogens is 3. The van der Waals surface area contributed by atoms with E-state index in [1.165, 1.54) is 0 Å². The van der Waals surface area contributed by atoms with Crippen LogP contribution >= 0.6 is 10.7 Å². The van der Waals surface area contributed by atoms with Gasteiger partial charge in [-0.2, -0.15) is 4.39 Å². The molecule has 5 nitrogen and oxygen atoms in total. The normalized spacial score (nSPS) is 11.6. The molecule has 0 aliphatic heterocycles. The van der Waals surface area contributed by atoms with Crippen LogP contribution in [0.2, 0.25) is 0 Å². The third kappa shape index (κ3) is 3.92. The highest BCUT2D eigenvalue weighted by Crippen LogP contribution is 2.27. The van der Waals surface area contributed by atoms with E-state index in [0.717, 1.165) is 12.1 Å². The fourth-order valence-electron chi connectivity index (χ4n) is 1.66. The first-order chi connectivity index (χ1) is 9.89. The zero-order valence-electron chi connectivity index (χ0n) is 10.7. The Hall–Kier alpha value is -1.67. The monoisotopic (exact) mass is 336 g/mol. The lowest BCUT2D eigenvalue weighted by atomic mass is 10.3. The average molecular weight is 337 g/mol. The number of ether oxygens (including phenoxy) is 1. The summed E-state index contributed by atoms with van der Waals surface area (Å²) in [5.74, 6) is -3.28. The summed E-state index contributed by atoms with van der Waals surface area (Å²) in [5, 5.41) is 0. The molecule has 0 aliphatic carbocycles. The molecule has 2 rings (SSSR count). The lowest BCUT2D eigenvalue weighted by Crippen LogP contribution is -2.06. The first kappa shape index (κ1) is 15.7. The minimum Gasteiger partial charge on any atom is -0.490 e. The van der Waals surface area contributed by atoms with Gasteiger partial charge in [0.15, 0.2) is 11.6 Å². The SMILES string of the molecule is O=S(=O)(Cl)c1ccc(OCCCn2ccnc2)c(F)c1F. The standard InChI is InChI=1S/C12H11ClF2N2O3S/c13-21(18,19)10-3-2-9(11(14)12(10)15)20-7-1-5-17-6-4-16-8-17/h2-4,6,8H,1,5,7H2. The molecule has 1 aromatic carbocycles. The first-order valence-corrected chi connectivity index (χ1v) is 8.21. The molecule has 0 spiro atoms. The van der Waals surface area contributed by atoms with E-state index in [1.807, 2.05) is 4.57 Å². The first-order valence-electron chi connectivity index (χ1n) is 5.91. The lowest BCUT2D eigenvalue weighted by Gasteiger charge is -2.09. The van der Waals surface area contributed by atoms with Crippen molar-refractivity contribution < 1.29 is 21.9 Å². The number of aromatic nitrogens is 2. The van der Waals surface area contributed by atoms with Gasteiger partial charge >= 0.3 is 0 Å². The van der Waals surface area contributed by atoms with Crippen LogP contribution in [0.5, 0.6) is 5.75 Å². The van der Waals surface area contributed by atoms with Crippen LogP contribution in [0, 0.1) is 11.6 Å². The Kier molecular flexibility index (Phi) is 4.79. The average Bonchev–Trinajstić information content (AvgIpc) is 2.91. The number of hydrogen-bond acceptors (Lipinski definition) is 4. The van der Waals surface area contributed by atoms with Crippen molar-refractivity contribution in [1.82, 2.24) is 9.55 Å². The summed E-state index contributed by atoms with van der Waals surface area (Å²) in [6, 6.07) is 1.90. The van der Waals surface area contributed by atoms with Gasteiger partial charge in [0.25, 0.3) is 9.05 Å². The van der Waals surface area contributed by atoms with Gasteiger partial charge in [-0.1, -0.05) is 0 Å². The van der Waals surface area contributed by atoms with Crippen molar-refractivity contribution in [2.75, 3.05) is 6.61 Å². The molecule has 0 radical (unpaired) electrons. The Morgan fingerprint density at radius 2 is 2.05 bits per heavy atom. The number of benzene rings is 1. The fraction of sp³-hybridized carbons (Fsp3) is 0.250. The largest absolute Gasteiger partial charge is 0.490 e. The maximum absolute atomic E-state index is 13.7. The summed E-state index contributed by atoms with van der Waals surface area (Å²) >= 11 is 0. The Morgan fingerprint density at radius 1 is 1.29 bits per heavy atom. The molecule has 0 amide bonds. The predicted molar refractivity (Wildman–Crippen MR) is 71.7 cm³/mol. The Labute approximate surface area is 124 Å². The third-order valence-corrected chi connectivity index (χ3v) is 3.99. The van der Waals surface area contributed by atoms with E-state index in [1.54, 1.807) is 18.7 Å². The molecule has 0 saturated carbocycles. The van der Waals surface area contributed by atoms with E-state index in [2.05, 4.69) is 4.98 Å². The molecule has 9 heteroatoms. The van der Waals surface area contributed by atoms with Gasteiger partial charge in [0.1, 0.15) is 4.90 Å². The fourth-order valence-corrected chi connectivity index (χ4v) is 2.55. The Bertz CT molecular complexity index is 720. The summed E-state index contributed by atoms with van der Waals surface area (Å²) in [6.45, 7) is 0.750. The van der Waals surface area contributed by atoms with Gasteiger partial charge < -0.3 is 9.30 Å². The van der Waals surface area contributed by atoms with E-state index >= 15 is 0 Å². The number of aryl methyl sites for hydroxylation is 1. The minimum absolute atomic E-state index is 0.140.